The smallest absolute Gasteiger partial charge is 0.0905 e. The van der Waals surface area contributed by atoms with Gasteiger partial charge >= 0.3 is 0 Å². The van der Waals surface area contributed by atoms with Gasteiger partial charge in [-0.15, -0.1) is 0 Å². The summed E-state index contributed by atoms with van der Waals surface area (Å²) >= 11 is 0. The van der Waals surface area contributed by atoms with Gasteiger partial charge in [-0.25, -0.2) is 4.99 Å². The van der Waals surface area contributed by atoms with E-state index in [1.165, 1.54) is 6.34 Å². The zero-order valence-corrected chi connectivity index (χ0v) is 9.31. The molecule has 15 heavy (non-hydrogen) atoms. The van der Waals surface area contributed by atoms with Crippen molar-refractivity contribution in [2.75, 3.05) is 0 Å². The van der Waals surface area contributed by atoms with Gasteiger partial charge in [0.25, 0.3) is 0 Å². The average molecular weight is 204 g/mol. The molecule has 1 heterocycles. The number of nitrogens with two attached hydrogens (primary N) is 1. The van der Waals surface area contributed by atoms with Gasteiger partial charge in [0.05, 0.1) is 23.6 Å². The van der Waals surface area contributed by atoms with Crippen LogP contribution in [0.4, 0.5) is 0 Å². The van der Waals surface area contributed by atoms with Crippen molar-refractivity contribution in [3.8, 4) is 0 Å². The molecule has 0 spiro atoms. The first-order valence-electron chi connectivity index (χ1n) is 4.93. The van der Waals surface area contributed by atoms with Crippen molar-refractivity contribution >= 4 is 18.1 Å². The molecule has 0 saturated heterocycles. The van der Waals surface area contributed by atoms with E-state index >= 15 is 0 Å². The van der Waals surface area contributed by atoms with Gasteiger partial charge in [-0.05, 0) is 18.9 Å². The minimum atomic E-state index is 0.299. The monoisotopic (exact) mass is 204 g/mol. The lowest BCUT2D eigenvalue weighted by atomic mass is 10.1. The van der Waals surface area contributed by atoms with E-state index in [9.17, 15) is 0 Å². The molecule has 0 amide bonds. The van der Waals surface area contributed by atoms with Gasteiger partial charge in [0.1, 0.15) is 0 Å². The van der Waals surface area contributed by atoms with Gasteiger partial charge in [0.2, 0.25) is 0 Å². The number of hydrogen-bond donors (Lipinski definition) is 1. The van der Waals surface area contributed by atoms with E-state index in [0.29, 0.717) is 5.92 Å². The molecule has 0 aromatic carbocycles. The fraction of sp³-hybridized carbons (Fsp3) is 0.364. The summed E-state index contributed by atoms with van der Waals surface area (Å²) < 4.78 is 0. The minimum Gasteiger partial charge on any atom is -0.390 e. The van der Waals surface area contributed by atoms with Crippen molar-refractivity contribution < 1.29 is 0 Å². The zero-order chi connectivity index (χ0) is 11.3. The van der Waals surface area contributed by atoms with Gasteiger partial charge in [0, 0.05) is 5.22 Å². The van der Waals surface area contributed by atoms with Crippen molar-refractivity contribution in [1.29, 1.82) is 0 Å². The predicted octanol–water partition coefficient (Wildman–Crippen LogP) is 0.0282. The normalized spacial score (nSPS) is 15.1. The van der Waals surface area contributed by atoms with Crippen molar-refractivity contribution in [2.24, 2.45) is 16.6 Å². The molecule has 0 aliphatic rings. The Bertz CT molecular complexity index is 460. The third kappa shape index (κ3) is 2.62. The average Bonchev–Trinajstić information content (AvgIpc) is 2.25. The highest BCUT2D eigenvalue weighted by molar-refractivity contribution is 5.62. The Balaban J connectivity index is 3.62. The molecule has 0 bridgehead atoms. The predicted molar refractivity (Wildman–Crippen MR) is 62.3 cm³/mol. The molecule has 0 radical (unpaired) electrons. The summed E-state index contributed by atoms with van der Waals surface area (Å²) in [5, 5.41) is 9.71. The van der Waals surface area contributed by atoms with Gasteiger partial charge in [0.15, 0.2) is 0 Å². The van der Waals surface area contributed by atoms with Crippen LogP contribution in [-0.2, 0) is 0 Å². The van der Waals surface area contributed by atoms with Crippen LogP contribution in [0, 0.1) is 5.92 Å². The maximum atomic E-state index is 5.34. The lowest BCUT2D eigenvalue weighted by molar-refractivity contribution is 0.828. The second-order valence-corrected chi connectivity index (χ2v) is 3.44. The molecule has 4 nitrogen and oxygen atoms in total. The molecule has 0 aliphatic heterocycles. The molecule has 4 heteroatoms. The van der Waals surface area contributed by atoms with Crippen LogP contribution in [-0.4, -0.2) is 16.5 Å². The highest BCUT2D eigenvalue weighted by atomic mass is 15.1. The molecule has 0 aliphatic carbocycles. The standard InChI is InChI=1S/C11H16N4/c1-4-10-9(5-6-14-15-10)11(8(2)3)13-7-12/h4-8H,1-3H3,(H2,12,13)/b10-4+,11-9-. The highest BCUT2D eigenvalue weighted by Gasteiger charge is 2.02. The molecule has 0 atom stereocenters. The van der Waals surface area contributed by atoms with E-state index < -0.39 is 0 Å². The Morgan fingerprint density at radius 2 is 2.27 bits per heavy atom. The summed E-state index contributed by atoms with van der Waals surface area (Å²) in [6, 6.07) is 1.91. The van der Waals surface area contributed by atoms with E-state index in [-0.39, 0.29) is 0 Å². The van der Waals surface area contributed by atoms with Gasteiger partial charge < -0.3 is 5.73 Å². The topological polar surface area (TPSA) is 64.2 Å². The second-order valence-electron chi connectivity index (χ2n) is 3.44. The first-order valence-corrected chi connectivity index (χ1v) is 4.93. The second kappa shape index (κ2) is 5.24. The van der Waals surface area contributed by atoms with E-state index in [4.69, 9.17) is 5.73 Å². The fourth-order valence-electron chi connectivity index (χ4n) is 1.38. The van der Waals surface area contributed by atoms with Crippen LogP contribution in [0.15, 0.2) is 17.3 Å². The van der Waals surface area contributed by atoms with Crippen LogP contribution >= 0.6 is 0 Å². The van der Waals surface area contributed by atoms with Crippen molar-refractivity contribution in [1.82, 2.24) is 10.2 Å². The molecule has 2 N–H and O–H groups in total. The number of hydrogen-bond acceptors (Lipinski definition) is 3. The molecule has 80 valence electrons. The molecule has 1 rings (SSSR count). The molecule has 0 unspecified atom stereocenters. The summed E-state index contributed by atoms with van der Waals surface area (Å²) in [5.74, 6) is 0.299. The summed E-state index contributed by atoms with van der Waals surface area (Å²) in [6.07, 6.45) is 4.89. The van der Waals surface area contributed by atoms with Crippen molar-refractivity contribution in [2.45, 2.75) is 20.8 Å². The Hall–Kier alpha value is -1.71. The summed E-state index contributed by atoms with van der Waals surface area (Å²) in [5.41, 5.74) is 6.27. The maximum Gasteiger partial charge on any atom is 0.0905 e. The fourth-order valence-corrected chi connectivity index (χ4v) is 1.38. The Kier molecular flexibility index (Phi) is 3.97. The van der Waals surface area contributed by atoms with Crippen molar-refractivity contribution in [3.05, 3.63) is 22.8 Å². The summed E-state index contributed by atoms with van der Waals surface area (Å²) in [6.45, 7) is 6.07. The number of nitrogens with zero attached hydrogens (tertiary/aromatic N) is 3. The molecule has 1 aromatic heterocycles. The molecule has 0 saturated carbocycles. The molecular weight excluding hydrogens is 188 g/mol. The third-order valence-corrected chi connectivity index (χ3v) is 2.06. The van der Waals surface area contributed by atoms with E-state index in [1.807, 2.05) is 19.1 Å². The molecule has 0 fully saturated rings. The van der Waals surface area contributed by atoms with Crippen LogP contribution < -0.4 is 16.3 Å². The lowest BCUT2D eigenvalue weighted by Gasteiger charge is -2.04. The first kappa shape index (κ1) is 11.4. The van der Waals surface area contributed by atoms with Crippen LogP contribution in [0.3, 0.4) is 0 Å². The SMILES string of the molecule is C/C=c1/nncc/c1=C(/N=C\N)C(C)C. The zero-order valence-electron chi connectivity index (χ0n) is 9.31. The Morgan fingerprint density at radius 1 is 1.53 bits per heavy atom. The van der Waals surface area contributed by atoms with E-state index in [0.717, 1.165) is 16.3 Å². The molecular formula is C11H16N4. The summed E-state index contributed by atoms with van der Waals surface area (Å²) in [7, 11) is 0. The number of rotatable bonds is 2. The van der Waals surface area contributed by atoms with E-state index in [2.05, 4.69) is 29.0 Å². The van der Waals surface area contributed by atoms with Gasteiger partial charge in [-0.1, -0.05) is 19.9 Å². The largest absolute Gasteiger partial charge is 0.390 e. The quantitative estimate of drug-likeness (QED) is 0.546. The van der Waals surface area contributed by atoms with Crippen LogP contribution in [0.2, 0.25) is 0 Å². The Morgan fingerprint density at radius 3 is 2.80 bits per heavy atom. The maximum absolute atomic E-state index is 5.34. The van der Waals surface area contributed by atoms with Crippen LogP contribution in [0.25, 0.3) is 11.8 Å². The first-order chi connectivity index (χ1) is 7.20. The van der Waals surface area contributed by atoms with E-state index in [1.54, 1.807) is 6.20 Å². The summed E-state index contributed by atoms with van der Waals surface area (Å²) in [4.78, 5) is 4.18. The van der Waals surface area contributed by atoms with Gasteiger partial charge in [-0.2, -0.15) is 10.2 Å². The Labute approximate surface area is 89.2 Å². The minimum absolute atomic E-state index is 0.299. The van der Waals surface area contributed by atoms with Crippen LogP contribution in [0.5, 0.6) is 0 Å². The van der Waals surface area contributed by atoms with Crippen LogP contribution in [0.1, 0.15) is 20.8 Å². The highest BCUT2D eigenvalue weighted by Crippen LogP contribution is 2.08. The molecule has 1 aromatic rings. The number of aliphatic imine (C=N–C) groups is 1. The third-order valence-electron chi connectivity index (χ3n) is 2.06. The lowest BCUT2D eigenvalue weighted by Crippen LogP contribution is -2.31. The number of aromatic nitrogens is 2. The van der Waals surface area contributed by atoms with Gasteiger partial charge in [-0.3, -0.25) is 0 Å². The van der Waals surface area contributed by atoms with Crippen molar-refractivity contribution in [3.63, 3.8) is 0 Å².